The normalized spacial score (nSPS) is 24.9. The molecule has 2 fully saturated rings. The average molecular weight is 1120 g/mol. The number of aliphatic hydroxyl groups excluding tert-OH is 4. The molecule has 416 valence electrons. The first kappa shape index (κ1) is 62.7. The van der Waals surface area contributed by atoms with Gasteiger partial charge < -0.3 is 88.7 Å². The predicted octanol–water partition coefficient (Wildman–Crippen LogP) is -0.533. The summed E-state index contributed by atoms with van der Waals surface area (Å²) in [5, 5.41) is 46.0. The number of hydrogen-bond donors (Lipinski definition) is 7. The fraction of sp³-hybridized carbons (Fsp3) is 0.756. The lowest BCUT2D eigenvalue weighted by molar-refractivity contribution is -0.347. The minimum absolute atomic E-state index is 0.0261. The highest BCUT2D eigenvalue weighted by Gasteiger charge is 2.47. The smallest absolute Gasteiger partial charge is 0.274 e. The van der Waals surface area contributed by atoms with Gasteiger partial charge in [0.2, 0.25) is 16.9 Å². The van der Waals surface area contributed by atoms with Crippen molar-refractivity contribution in [2.45, 2.75) is 153 Å². The van der Waals surface area contributed by atoms with E-state index < -0.39 is 103 Å². The summed E-state index contributed by atoms with van der Waals surface area (Å²) < 4.78 is 72.0. The van der Waals surface area contributed by atoms with Crippen LogP contribution < -0.4 is 35.9 Å². The van der Waals surface area contributed by atoms with E-state index in [4.69, 9.17) is 19.9 Å². The van der Waals surface area contributed by atoms with Gasteiger partial charge in [-0.3, -0.25) is 28.1 Å². The number of fused-ring (bicyclic) bond motifs is 1. The Morgan fingerprint density at radius 1 is 0.932 bits per heavy atom. The van der Waals surface area contributed by atoms with Crippen LogP contribution in [0.15, 0.2) is 24.8 Å². The predicted molar refractivity (Wildman–Crippen MR) is 250 cm³/mol. The highest BCUT2D eigenvalue weighted by molar-refractivity contribution is 8.14. The molecular weight excluding hydrogens is 1050 g/mol. The van der Waals surface area contributed by atoms with Crippen LogP contribution in [-0.2, 0) is 60.2 Å². The van der Waals surface area contributed by atoms with Crippen LogP contribution in [-0.4, -0.2) is 145 Å². The number of rotatable bonds is 33. The highest BCUT2D eigenvalue weighted by Crippen LogP contribution is 2.56. The van der Waals surface area contributed by atoms with Crippen LogP contribution in [0.25, 0.3) is 11.2 Å². The van der Waals surface area contributed by atoms with E-state index >= 15 is 0 Å². The zero-order chi connectivity index (χ0) is 54.0. The molecule has 2 aliphatic rings. The molecule has 28 nitrogen and oxygen atoms in total. The van der Waals surface area contributed by atoms with E-state index in [0.29, 0.717) is 12.4 Å². The number of nitrogens with one attached hydrogen (secondary N) is 2. The maximum atomic E-state index is 12.7. The molecule has 0 bridgehead atoms. The van der Waals surface area contributed by atoms with Gasteiger partial charge in [0.05, 0.1) is 39.6 Å². The number of phosphoric acid groups is 3. The zero-order valence-corrected chi connectivity index (χ0v) is 44.1. The molecule has 2 amide bonds. The lowest BCUT2D eigenvalue weighted by Crippen LogP contribution is -2.47. The molecule has 2 aromatic rings. The Labute approximate surface area is 425 Å². The minimum Gasteiger partial charge on any atom is -0.790 e. The molecule has 2 aromatic heterocycles. The van der Waals surface area contributed by atoms with Gasteiger partial charge in [-0.15, -0.1) is 0 Å². The fourth-order valence-corrected chi connectivity index (χ4v) is 10.7. The van der Waals surface area contributed by atoms with Crippen LogP contribution in [0.2, 0.25) is 0 Å². The third kappa shape index (κ3) is 21.6. The van der Waals surface area contributed by atoms with E-state index in [1.165, 1.54) is 19.9 Å². The van der Waals surface area contributed by atoms with Crippen LogP contribution in [0.3, 0.4) is 0 Å². The molecule has 73 heavy (non-hydrogen) atoms. The summed E-state index contributed by atoms with van der Waals surface area (Å²) >= 11 is 1.03. The van der Waals surface area contributed by atoms with Crippen molar-refractivity contribution in [2.75, 3.05) is 44.4 Å². The van der Waals surface area contributed by atoms with E-state index in [0.717, 1.165) is 93.2 Å². The van der Waals surface area contributed by atoms with Gasteiger partial charge in [-0.1, -0.05) is 76.6 Å². The van der Waals surface area contributed by atoms with E-state index in [1.807, 2.05) is 6.08 Å². The second-order valence-electron chi connectivity index (χ2n) is 18.0. The number of aliphatic hydroxyl groups is 4. The van der Waals surface area contributed by atoms with Crippen LogP contribution in [0.5, 0.6) is 0 Å². The number of carbonyl (C=O) groups is 3. The SMILES string of the molecule is C[C@@H]1O[C@@H](OCCCCCCCCCCC/C=C/C(=O)SCCNC(=O)CCNC(=O)[C@H](O)C(C)(C)COP(=O)([O-])OP(=O)([O-])OC[C@H]2O[C@@H](n3cnc4c(N)ncnc43)[C@H](O)[C@@H]2OP(=O)([O-])[O-])[C@H](O)C[C@H]1O. The number of thioether (sulfide) groups is 1. The summed E-state index contributed by atoms with van der Waals surface area (Å²) in [6.45, 7) is 2.30. The number of anilines is 1. The molecule has 32 heteroatoms. The van der Waals surface area contributed by atoms with Crippen molar-refractivity contribution in [3.8, 4) is 0 Å². The number of nitrogens with zero attached hydrogens (tertiary/aromatic N) is 4. The molecule has 8 N–H and O–H groups in total. The number of phosphoric ester groups is 3. The first-order chi connectivity index (χ1) is 34.3. The number of imidazole rings is 1. The largest absolute Gasteiger partial charge is 0.790 e. The summed E-state index contributed by atoms with van der Waals surface area (Å²) in [4.78, 5) is 96.9. The Bertz CT molecular complexity index is 2260. The molecule has 2 saturated heterocycles. The number of aromatic nitrogens is 4. The molecule has 2 unspecified atom stereocenters. The van der Waals surface area contributed by atoms with Crippen molar-refractivity contribution in [3.05, 3.63) is 24.8 Å². The van der Waals surface area contributed by atoms with Crippen molar-refractivity contribution < 1.29 is 100 Å². The summed E-state index contributed by atoms with van der Waals surface area (Å²) in [6, 6.07) is 0. The van der Waals surface area contributed by atoms with Gasteiger partial charge in [0, 0.05) is 43.7 Å². The first-order valence-electron chi connectivity index (χ1n) is 23.6. The number of nitrogen functional groups attached to an aromatic ring is 1. The molecule has 2 aliphatic heterocycles. The van der Waals surface area contributed by atoms with Gasteiger partial charge in [0.15, 0.2) is 24.0 Å². The lowest BCUT2D eigenvalue weighted by Gasteiger charge is -2.36. The summed E-state index contributed by atoms with van der Waals surface area (Å²) in [5.74, 6) is -1.28. The number of nitrogens with two attached hydrogens (primary N) is 1. The van der Waals surface area contributed by atoms with Gasteiger partial charge in [-0.2, -0.15) is 0 Å². The third-order valence-corrected chi connectivity index (χ3v) is 15.3. The van der Waals surface area contributed by atoms with E-state index in [9.17, 15) is 68.1 Å². The molecule has 0 aliphatic carbocycles. The Morgan fingerprint density at radius 2 is 1.59 bits per heavy atom. The summed E-state index contributed by atoms with van der Waals surface area (Å²) in [6.07, 6.45) is 3.71. The Morgan fingerprint density at radius 3 is 2.27 bits per heavy atom. The van der Waals surface area contributed by atoms with Crippen LogP contribution in [0, 0.1) is 5.41 Å². The Hall–Kier alpha value is -2.86. The maximum Gasteiger partial charge on any atom is 0.274 e. The summed E-state index contributed by atoms with van der Waals surface area (Å²) in [5.41, 5.74) is 4.06. The molecule has 11 atom stereocenters. The first-order valence-corrected chi connectivity index (χ1v) is 28.9. The lowest BCUT2D eigenvalue weighted by atomic mass is 9.87. The quantitative estimate of drug-likeness (QED) is 0.0268. The highest BCUT2D eigenvalue weighted by atomic mass is 32.2. The van der Waals surface area contributed by atoms with Crippen molar-refractivity contribution in [1.82, 2.24) is 30.2 Å². The number of ether oxygens (including phenoxy) is 3. The molecule has 0 spiro atoms. The molecule has 0 saturated carbocycles. The minimum atomic E-state index is -5.93. The third-order valence-electron chi connectivity index (χ3n) is 11.5. The van der Waals surface area contributed by atoms with Crippen molar-refractivity contribution in [2.24, 2.45) is 5.41 Å². The van der Waals surface area contributed by atoms with Crippen LogP contribution >= 0.6 is 35.2 Å². The fourth-order valence-electron chi connectivity index (χ4n) is 7.38. The second-order valence-corrected chi connectivity index (χ2v) is 23.1. The molecule has 0 aromatic carbocycles. The average Bonchev–Trinajstić information content (AvgIpc) is 3.87. The van der Waals surface area contributed by atoms with E-state index in [1.54, 1.807) is 6.92 Å². The number of unbranched alkanes of at least 4 members (excludes halogenated alkanes) is 9. The topological polar surface area (TPSA) is 434 Å². The molecule has 0 radical (unpaired) electrons. The van der Waals surface area contributed by atoms with Crippen molar-refractivity contribution in [3.63, 3.8) is 0 Å². The second kappa shape index (κ2) is 29.6. The van der Waals surface area contributed by atoms with Crippen LogP contribution in [0.1, 0.15) is 104 Å². The van der Waals surface area contributed by atoms with Crippen LogP contribution in [0.4, 0.5) is 5.82 Å². The monoisotopic (exact) mass is 1120 g/mol. The molecular formula is C41H66N7O21P3S-4. The molecule has 4 heterocycles. The number of amides is 2. The van der Waals surface area contributed by atoms with Gasteiger partial charge in [0.25, 0.3) is 15.6 Å². The van der Waals surface area contributed by atoms with E-state index in [2.05, 4.69) is 43.5 Å². The Balaban J connectivity index is 1.03. The van der Waals surface area contributed by atoms with Gasteiger partial charge in [-0.25, -0.2) is 19.3 Å². The number of allylic oxidation sites excluding steroid dienone is 1. The van der Waals surface area contributed by atoms with Gasteiger partial charge in [-0.05, 0) is 32.3 Å². The number of hydrogen-bond acceptors (Lipinski definition) is 26. The van der Waals surface area contributed by atoms with Gasteiger partial charge >= 0.3 is 0 Å². The Kier molecular flexibility index (Phi) is 25.4. The van der Waals surface area contributed by atoms with E-state index in [-0.39, 0.29) is 54.1 Å². The molecule has 4 rings (SSSR count). The standard InChI is InChI=1S/C41H70N7O21P3S/c1-26-27(49)21-28(50)40(66-26)63-19-14-12-10-8-6-4-5-7-9-11-13-15-31(52)73-20-18-43-30(51)16-17-44-38(55)35(54)41(2,3)23-65-72(61,62)69-71(59,60)64-22-29-34(68-70(56,57)58)33(53)39(67-29)48-25-47-32-36(42)45-24-46-37(32)48/h13,15,24-29,33-35,39-40,49-50,53-54H,4-12,14,16-23H2,1-3H3,(H,43,51)(H,44,55)(H,59,60)(H,61,62)(H2,42,45,46)(H2,56,57,58)/p-4/b15-13+/t26-,27+,28+,29+,33+,34+,35-,39+,40+/m0/s1. The van der Waals surface area contributed by atoms with Gasteiger partial charge in [0.1, 0.15) is 42.4 Å². The maximum absolute atomic E-state index is 12.7. The summed E-state index contributed by atoms with van der Waals surface area (Å²) in [7, 11) is -17.7. The van der Waals surface area contributed by atoms with Crippen molar-refractivity contribution >= 4 is 69.1 Å². The zero-order valence-electron chi connectivity index (χ0n) is 40.6. The van der Waals surface area contributed by atoms with Crippen molar-refractivity contribution in [1.29, 1.82) is 0 Å². The number of carbonyl (C=O) groups excluding carboxylic acids is 3.